The molecule has 0 bridgehead atoms. The summed E-state index contributed by atoms with van der Waals surface area (Å²) in [7, 11) is 0. The van der Waals surface area contributed by atoms with Gasteiger partial charge in [-0.1, -0.05) is 18.7 Å². The number of amidine groups is 1. The minimum atomic E-state index is -0.905. The Morgan fingerprint density at radius 1 is 1.00 bits per heavy atom. The molecule has 0 aromatic carbocycles. The Balaban J connectivity index is 5.13. The molecule has 0 spiro atoms. The summed E-state index contributed by atoms with van der Waals surface area (Å²) in [5, 5.41) is 7.60. The maximum absolute atomic E-state index is 12.1. The third-order valence-electron chi connectivity index (χ3n) is 1.64. The fourth-order valence-electron chi connectivity index (χ4n) is 1.06. The van der Waals surface area contributed by atoms with Crippen LogP contribution in [0.5, 0.6) is 0 Å². The van der Waals surface area contributed by atoms with E-state index in [0.717, 1.165) is 11.8 Å². The number of hydrogen-bond donors (Lipinski definition) is 1. The van der Waals surface area contributed by atoms with Gasteiger partial charge in [-0.15, -0.1) is 0 Å². The van der Waals surface area contributed by atoms with Crippen molar-refractivity contribution in [2.75, 3.05) is 5.75 Å². The Labute approximate surface area is 124 Å². The Kier molecular flexibility index (Phi) is 6.53. The zero-order valence-electron chi connectivity index (χ0n) is 13.2. The van der Waals surface area contributed by atoms with Gasteiger partial charge in [0.1, 0.15) is 11.2 Å². The van der Waals surface area contributed by atoms with Crippen LogP contribution in [-0.2, 0) is 9.47 Å². The van der Waals surface area contributed by atoms with Crippen LogP contribution in [0.15, 0.2) is 0 Å². The predicted octanol–water partition coefficient (Wildman–Crippen LogP) is 3.85. The quantitative estimate of drug-likeness (QED) is 0.588. The lowest BCUT2D eigenvalue weighted by atomic mass is 10.2. The summed E-state index contributed by atoms with van der Waals surface area (Å²) in [6, 6.07) is 0. The van der Waals surface area contributed by atoms with Crippen molar-refractivity contribution in [1.82, 2.24) is 4.90 Å². The van der Waals surface area contributed by atoms with Crippen LogP contribution in [0, 0.1) is 5.41 Å². The van der Waals surface area contributed by atoms with E-state index in [9.17, 15) is 9.59 Å². The van der Waals surface area contributed by atoms with E-state index in [0.29, 0.717) is 10.7 Å². The standard InChI is InChI=1S/C13H24N2O4S/c1-8-20-9(14)15(10(16)18-12(2,3)4)11(17)19-13(5,6)7/h14H,8H2,1-7H3. The van der Waals surface area contributed by atoms with Crippen molar-refractivity contribution in [3.63, 3.8) is 0 Å². The van der Waals surface area contributed by atoms with Crippen LogP contribution in [0.3, 0.4) is 0 Å². The largest absolute Gasteiger partial charge is 0.443 e. The topological polar surface area (TPSA) is 79.7 Å². The molecule has 116 valence electrons. The van der Waals surface area contributed by atoms with Crippen molar-refractivity contribution < 1.29 is 19.1 Å². The average Bonchev–Trinajstić information content (AvgIpc) is 2.11. The number of imide groups is 1. The minimum absolute atomic E-state index is 0.212. The molecule has 0 aliphatic heterocycles. The SMILES string of the molecule is CCSC(=N)N(C(=O)OC(C)(C)C)C(=O)OC(C)(C)C. The average molecular weight is 304 g/mol. The van der Waals surface area contributed by atoms with Crippen LogP contribution in [-0.4, -0.2) is 39.2 Å². The van der Waals surface area contributed by atoms with Crippen molar-refractivity contribution >= 4 is 29.1 Å². The van der Waals surface area contributed by atoms with Gasteiger partial charge in [-0.2, -0.15) is 4.90 Å². The van der Waals surface area contributed by atoms with E-state index in [2.05, 4.69) is 0 Å². The first-order valence-corrected chi connectivity index (χ1v) is 7.33. The number of nitrogens with one attached hydrogen (secondary N) is 1. The summed E-state index contributed by atoms with van der Waals surface area (Å²) < 4.78 is 10.3. The second kappa shape index (κ2) is 6.97. The van der Waals surface area contributed by atoms with E-state index < -0.39 is 23.4 Å². The highest BCUT2D eigenvalue weighted by Crippen LogP contribution is 2.18. The molecule has 0 radical (unpaired) electrons. The molecular formula is C13H24N2O4S. The van der Waals surface area contributed by atoms with Crippen molar-refractivity contribution in [2.45, 2.75) is 59.7 Å². The molecule has 0 rings (SSSR count). The Morgan fingerprint density at radius 2 is 1.35 bits per heavy atom. The number of nitrogens with zero attached hydrogens (tertiary/aromatic N) is 1. The van der Waals surface area contributed by atoms with Gasteiger partial charge >= 0.3 is 12.2 Å². The Bertz CT molecular complexity index is 355. The van der Waals surface area contributed by atoms with Crippen molar-refractivity contribution in [3.05, 3.63) is 0 Å². The van der Waals surface area contributed by atoms with E-state index in [1.54, 1.807) is 41.5 Å². The maximum atomic E-state index is 12.1. The van der Waals surface area contributed by atoms with Gasteiger partial charge in [0.15, 0.2) is 5.17 Å². The van der Waals surface area contributed by atoms with Gasteiger partial charge < -0.3 is 9.47 Å². The van der Waals surface area contributed by atoms with Crippen LogP contribution in [0.25, 0.3) is 0 Å². The van der Waals surface area contributed by atoms with E-state index >= 15 is 0 Å². The van der Waals surface area contributed by atoms with E-state index in [-0.39, 0.29) is 5.17 Å². The van der Waals surface area contributed by atoms with Gasteiger partial charge in [-0.05, 0) is 47.3 Å². The van der Waals surface area contributed by atoms with Gasteiger partial charge in [-0.25, -0.2) is 9.59 Å². The molecule has 0 aromatic heterocycles. The molecule has 2 amide bonds. The molecule has 0 unspecified atom stereocenters. The number of thioether (sulfide) groups is 1. The molecule has 7 heteroatoms. The first-order valence-electron chi connectivity index (χ1n) is 6.35. The number of hydrogen-bond acceptors (Lipinski definition) is 6. The predicted molar refractivity (Wildman–Crippen MR) is 80.2 cm³/mol. The molecule has 1 N–H and O–H groups in total. The molecule has 0 aliphatic carbocycles. The summed E-state index contributed by atoms with van der Waals surface area (Å²) >= 11 is 1.06. The van der Waals surface area contributed by atoms with E-state index in [1.807, 2.05) is 6.92 Å². The highest BCUT2D eigenvalue weighted by molar-refractivity contribution is 8.13. The molecule has 6 nitrogen and oxygen atoms in total. The smallest absolute Gasteiger partial charge is 0.426 e. The van der Waals surface area contributed by atoms with Gasteiger partial charge in [0, 0.05) is 0 Å². The van der Waals surface area contributed by atoms with E-state index in [4.69, 9.17) is 14.9 Å². The number of carbonyl (C=O) groups excluding carboxylic acids is 2. The molecule has 20 heavy (non-hydrogen) atoms. The van der Waals surface area contributed by atoms with Crippen LogP contribution < -0.4 is 0 Å². The second-order valence-electron chi connectivity index (χ2n) is 6.03. The van der Waals surface area contributed by atoms with Gasteiger partial charge in [0.25, 0.3) is 0 Å². The summed E-state index contributed by atoms with van der Waals surface area (Å²) in [4.78, 5) is 24.7. The molecule has 0 aromatic rings. The lowest BCUT2D eigenvalue weighted by Gasteiger charge is -2.28. The summed E-state index contributed by atoms with van der Waals surface area (Å²) in [5.41, 5.74) is -1.51. The van der Waals surface area contributed by atoms with Crippen molar-refractivity contribution in [3.8, 4) is 0 Å². The molecule has 0 fully saturated rings. The lowest BCUT2D eigenvalue weighted by Crippen LogP contribution is -2.45. The minimum Gasteiger partial charge on any atom is -0.443 e. The molecule has 0 heterocycles. The monoisotopic (exact) mass is 304 g/mol. The highest BCUT2D eigenvalue weighted by Gasteiger charge is 2.34. The molecule has 0 atom stereocenters. The van der Waals surface area contributed by atoms with E-state index in [1.165, 1.54) is 0 Å². The zero-order valence-corrected chi connectivity index (χ0v) is 14.0. The fourth-order valence-corrected chi connectivity index (χ4v) is 1.61. The third-order valence-corrected chi connectivity index (χ3v) is 2.38. The highest BCUT2D eigenvalue weighted by atomic mass is 32.2. The van der Waals surface area contributed by atoms with Gasteiger partial charge in [0.2, 0.25) is 0 Å². The fraction of sp³-hybridized carbons (Fsp3) is 0.769. The van der Waals surface area contributed by atoms with Gasteiger partial charge in [-0.3, -0.25) is 5.41 Å². The number of carbonyl (C=O) groups is 2. The zero-order chi connectivity index (χ0) is 16.1. The molecule has 0 saturated carbocycles. The Hall–Kier alpha value is -1.24. The molecule has 0 saturated heterocycles. The number of amides is 2. The second-order valence-corrected chi connectivity index (χ2v) is 7.29. The van der Waals surface area contributed by atoms with Crippen molar-refractivity contribution in [1.29, 1.82) is 5.41 Å². The van der Waals surface area contributed by atoms with Crippen LogP contribution in [0.4, 0.5) is 9.59 Å². The third kappa shape index (κ3) is 7.37. The lowest BCUT2D eigenvalue weighted by molar-refractivity contribution is 0.0152. The van der Waals surface area contributed by atoms with Gasteiger partial charge in [0.05, 0.1) is 0 Å². The normalized spacial score (nSPS) is 11.8. The summed E-state index contributed by atoms with van der Waals surface area (Å²) in [6.07, 6.45) is -1.81. The van der Waals surface area contributed by atoms with Crippen LogP contribution >= 0.6 is 11.8 Å². The first kappa shape index (κ1) is 18.8. The molecule has 0 aliphatic rings. The maximum Gasteiger partial charge on any atom is 0.426 e. The first-order chi connectivity index (χ1) is 8.87. The Morgan fingerprint density at radius 3 is 1.60 bits per heavy atom. The number of rotatable bonds is 1. The molecular weight excluding hydrogens is 280 g/mol. The summed E-state index contributed by atoms with van der Waals surface area (Å²) in [6.45, 7) is 12.0. The summed E-state index contributed by atoms with van der Waals surface area (Å²) in [5.74, 6) is 0.556. The van der Waals surface area contributed by atoms with Crippen molar-refractivity contribution in [2.24, 2.45) is 0 Å². The van der Waals surface area contributed by atoms with Crippen LogP contribution in [0.1, 0.15) is 48.5 Å². The number of ether oxygens (including phenoxy) is 2. The van der Waals surface area contributed by atoms with Crippen LogP contribution in [0.2, 0.25) is 0 Å².